The van der Waals surface area contributed by atoms with Crippen molar-refractivity contribution in [1.29, 1.82) is 0 Å². The second-order valence-electron chi connectivity index (χ2n) is 7.82. The largest absolute Gasteiger partial charge is 0.493 e. The normalized spacial score (nSPS) is 23.1. The van der Waals surface area contributed by atoms with Gasteiger partial charge in [0, 0.05) is 29.9 Å². The van der Waals surface area contributed by atoms with Crippen molar-refractivity contribution in [3.05, 3.63) is 53.6 Å². The highest BCUT2D eigenvalue weighted by Crippen LogP contribution is 2.40. The highest BCUT2D eigenvalue weighted by atomic mass is 16.5. The van der Waals surface area contributed by atoms with Crippen LogP contribution in [0.5, 0.6) is 11.5 Å². The lowest BCUT2D eigenvalue weighted by molar-refractivity contribution is -0.119. The minimum absolute atomic E-state index is 0.0349. The number of rotatable bonds is 4. The molecule has 2 heterocycles. The molecule has 3 atom stereocenters. The van der Waals surface area contributed by atoms with E-state index in [1.165, 1.54) is 0 Å². The molecule has 1 saturated heterocycles. The Morgan fingerprint density at radius 1 is 1.10 bits per heavy atom. The molecule has 2 amide bonds. The molecule has 0 aromatic heterocycles. The van der Waals surface area contributed by atoms with Gasteiger partial charge in [0.05, 0.1) is 20.1 Å². The van der Waals surface area contributed by atoms with Crippen LogP contribution in [0.25, 0.3) is 0 Å². The number of nitrogens with zero attached hydrogens (tertiary/aromatic N) is 1. The maximum absolute atomic E-state index is 13.4. The van der Waals surface area contributed by atoms with E-state index in [9.17, 15) is 9.59 Å². The minimum atomic E-state index is -0.403. The van der Waals surface area contributed by atoms with Crippen LogP contribution in [0.3, 0.4) is 0 Å². The molecule has 2 aromatic carbocycles. The van der Waals surface area contributed by atoms with Crippen molar-refractivity contribution >= 4 is 17.5 Å². The van der Waals surface area contributed by atoms with E-state index in [4.69, 9.17) is 9.47 Å². The molecule has 0 radical (unpaired) electrons. The number of piperidine rings is 1. The number of methoxy groups -OCH3 is 2. The van der Waals surface area contributed by atoms with Crippen LogP contribution in [0.1, 0.15) is 41.6 Å². The van der Waals surface area contributed by atoms with Gasteiger partial charge in [0.25, 0.3) is 5.91 Å². The van der Waals surface area contributed by atoms with Crippen molar-refractivity contribution in [2.75, 3.05) is 26.1 Å². The predicted molar refractivity (Wildman–Crippen MR) is 111 cm³/mol. The molecule has 0 unspecified atom stereocenters. The van der Waals surface area contributed by atoms with Crippen LogP contribution in [0.4, 0.5) is 5.69 Å². The maximum Gasteiger partial charge on any atom is 0.254 e. The summed E-state index contributed by atoms with van der Waals surface area (Å²) in [6.45, 7) is 2.88. The van der Waals surface area contributed by atoms with Crippen LogP contribution in [0, 0.1) is 5.92 Å². The van der Waals surface area contributed by atoms with Gasteiger partial charge in [-0.3, -0.25) is 9.59 Å². The summed E-state index contributed by atoms with van der Waals surface area (Å²) in [5, 5.41) is 3.03. The fourth-order valence-corrected chi connectivity index (χ4v) is 4.53. The summed E-state index contributed by atoms with van der Waals surface area (Å²) in [7, 11) is 3.14. The lowest BCUT2D eigenvalue weighted by atomic mass is 9.76. The lowest BCUT2D eigenvalue weighted by Gasteiger charge is -2.46. The number of anilines is 1. The zero-order valence-corrected chi connectivity index (χ0v) is 17.0. The first-order valence-corrected chi connectivity index (χ1v) is 9.96. The Balaban J connectivity index is 1.69. The van der Waals surface area contributed by atoms with Crippen molar-refractivity contribution in [2.45, 2.75) is 31.7 Å². The number of carbonyl (C=O) groups is 2. The van der Waals surface area contributed by atoms with Crippen molar-refractivity contribution < 1.29 is 19.1 Å². The van der Waals surface area contributed by atoms with Crippen molar-refractivity contribution in [1.82, 2.24) is 4.90 Å². The van der Waals surface area contributed by atoms with Crippen molar-refractivity contribution in [3.63, 3.8) is 0 Å². The fraction of sp³-hybridized carbons (Fsp3) is 0.391. The van der Waals surface area contributed by atoms with Gasteiger partial charge in [0.15, 0.2) is 11.5 Å². The molecule has 2 aromatic rings. The molecule has 29 heavy (non-hydrogen) atoms. The quantitative estimate of drug-likeness (QED) is 0.859. The van der Waals surface area contributed by atoms with E-state index in [-0.39, 0.29) is 17.9 Å². The smallest absolute Gasteiger partial charge is 0.254 e. The number of benzene rings is 2. The van der Waals surface area contributed by atoms with E-state index in [1.54, 1.807) is 32.4 Å². The molecule has 0 saturated carbocycles. The molecule has 0 bridgehead atoms. The molecule has 6 heteroatoms. The van der Waals surface area contributed by atoms with Gasteiger partial charge >= 0.3 is 0 Å². The maximum atomic E-state index is 13.4. The van der Waals surface area contributed by atoms with Crippen LogP contribution in [-0.4, -0.2) is 43.5 Å². The van der Waals surface area contributed by atoms with E-state index >= 15 is 0 Å². The Hall–Kier alpha value is -3.02. The van der Waals surface area contributed by atoms with Gasteiger partial charge in [-0.2, -0.15) is 0 Å². The third-order valence-corrected chi connectivity index (χ3v) is 6.01. The summed E-state index contributed by atoms with van der Waals surface area (Å²) >= 11 is 0. The molecule has 6 nitrogen and oxygen atoms in total. The number of carbonyl (C=O) groups excluding carboxylic acids is 2. The summed E-state index contributed by atoms with van der Waals surface area (Å²) in [5.74, 6) is 1.16. The van der Waals surface area contributed by atoms with Crippen LogP contribution in [0.2, 0.25) is 0 Å². The molecule has 0 aliphatic carbocycles. The number of fused-ring (bicyclic) bond motifs is 2. The Morgan fingerprint density at radius 3 is 2.62 bits per heavy atom. The molecular formula is C23H26N2O4. The van der Waals surface area contributed by atoms with E-state index in [1.807, 2.05) is 29.2 Å². The van der Waals surface area contributed by atoms with Crippen LogP contribution < -0.4 is 14.8 Å². The van der Waals surface area contributed by atoms with E-state index in [0.717, 1.165) is 18.4 Å². The summed E-state index contributed by atoms with van der Waals surface area (Å²) < 4.78 is 10.6. The lowest BCUT2D eigenvalue weighted by Crippen LogP contribution is -2.54. The van der Waals surface area contributed by atoms with Crippen LogP contribution in [0.15, 0.2) is 42.5 Å². The average molecular weight is 394 g/mol. The number of hydrogen-bond acceptors (Lipinski definition) is 4. The number of amides is 2. The third-order valence-electron chi connectivity index (χ3n) is 6.01. The van der Waals surface area contributed by atoms with Gasteiger partial charge in [-0.1, -0.05) is 25.1 Å². The second-order valence-corrected chi connectivity index (χ2v) is 7.82. The molecule has 1 N–H and O–H groups in total. The van der Waals surface area contributed by atoms with Crippen LogP contribution >= 0.6 is 0 Å². The van der Waals surface area contributed by atoms with Crippen molar-refractivity contribution in [2.24, 2.45) is 5.92 Å². The first-order chi connectivity index (χ1) is 14.0. The summed E-state index contributed by atoms with van der Waals surface area (Å²) in [5.41, 5.74) is 2.08. The Kier molecular flexibility index (Phi) is 5.18. The molecule has 0 spiro atoms. The topological polar surface area (TPSA) is 67.9 Å². The van der Waals surface area contributed by atoms with Gasteiger partial charge in [-0.25, -0.2) is 0 Å². The first kappa shape index (κ1) is 19.3. The molecule has 4 rings (SSSR count). The first-order valence-electron chi connectivity index (χ1n) is 9.96. The predicted octanol–water partition coefficient (Wildman–Crippen LogP) is 3.68. The second kappa shape index (κ2) is 7.78. The number of nitrogens with one attached hydrogen (secondary N) is 1. The number of hydrogen-bond donors (Lipinski definition) is 1. The SMILES string of the molecule is COc1ccc(NC(=O)[C@@H]2c3ccccc3C(=O)N3CC[C@@H](C)C[C@H]23)cc1OC. The van der Waals surface area contributed by atoms with Crippen molar-refractivity contribution in [3.8, 4) is 11.5 Å². The molecule has 152 valence electrons. The summed E-state index contributed by atoms with van der Waals surface area (Å²) in [4.78, 5) is 28.3. The Labute approximate surface area is 170 Å². The van der Waals surface area contributed by atoms with Gasteiger partial charge in [-0.05, 0) is 42.5 Å². The molecular weight excluding hydrogens is 368 g/mol. The molecule has 2 aliphatic rings. The average Bonchev–Trinajstić information content (AvgIpc) is 2.73. The van der Waals surface area contributed by atoms with E-state index in [2.05, 4.69) is 12.2 Å². The highest BCUT2D eigenvalue weighted by Gasteiger charge is 2.45. The Bertz CT molecular complexity index is 942. The van der Waals surface area contributed by atoms with E-state index in [0.29, 0.717) is 35.2 Å². The van der Waals surface area contributed by atoms with Gasteiger partial charge in [0.2, 0.25) is 5.91 Å². The number of ether oxygens (including phenoxy) is 2. The zero-order chi connectivity index (χ0) is 20.5. The molecule has 2 aliphatic heterocycles. The van der Waals surface area contributed by atoms with Crippen LogP contribution in [-0.2, 0) is 4.79 Å². The minimum Gasteiger partial charge on any atom is -0.493 e. The third kappa shape index (κ3) is 3.43. The highest BCUT2D eigenvalue weighted by molar-refractivity contribution is 6.04. The van der Waals surface area contributed by atoms with Gasteiger partial charge in [0.1, 0.15) is 0 Å². The summed E-state index contributed by atoms with van der Waals surface area (Å²) in [6.07, 6.45) is 1.79. The van der Waals surface area contributed by atoms with Gasteiger partial charge in [-0.15, -0.1) is 0 Å². The Morgan fingerprint density at radius 2 is 1.86 bits per heavy atom. The zero-order valence-electron chi connectivity index (χ0n) is 17.0. The van der Waals surface area contributed by atoms with E-state index < -0.39 is 5.92 Å². The van der Waals surface area contributed by atoms with Gasteiger partial charge < -0.3 is 19.7 Å². The summed E-state index contributed by atoms with van der Waals surface area (Å²) in [6, 6.07) is 12.7. The molecule has 1 fully saturated rings. The standard InChI is InChI=1S/C23H26N2O4/c1-14-10-11-25-18(12-14)21(16-6-4-5-7-17(16)23(25)27)22(26)24-15-8-9-19(28-2)20(13-15)29-3/h4-9,13-14,18,21H,10-12H2,1-3H3,(H,24,26)/t14-,18-,21-/m1/s1. The monoisotopic (exact) mass is 394 g/mol. The fourth-order valence-electron chi connectivity index (χ4n) is 4.53.